The summed E-state index contributed by atoms with van der Waals surface area (Å²) in [6, 6.07) is 29.0. The molecule has 4 aromatic carbocycles. The molecule has 0 bridgehead atoms. The predicted octanol–water partition coefficient (Wildman–Crippen LogP) is 5.52. The molecule has 2 unspecified atom stereocenters. The van der Waals surface area contributed by atoms with Crippen molar-refractivity contribution in [2.24, 2.45) is 0 Å². The number of ether oxygens (including phenoxy) is 2. The van der Waals surface area contributed by atoms with Crippen molar-refractivity contribution in [3.05, 3.63) is 120 Å². The molecule has 1 N–H and O–H groups in total. The second-order valence-corrected chi connectivity index (χ2v) is 13.5. The van der Waals surface area contributed by atoms with Gasteiger partial charge in [-0.3, -0.25) is 13.9 Å². The summed E-state index contributed by atoms with van der Waals surface area (Å²) < 4.78 is 41.0. The van der Waals surface area contributed by atoms with Crippen molar-refractivity contribution in [3.63, 3.8) is 0 Å². The molecule has 1 aliphatic rings. The number of rotatable bonds is 13. The molecule has 0 fully saturated rings. The Hall–Kier alpha value is -4.83. The van der Waals surface area contributed by atoms with Gasteiger partial charge in [0, 0.05) is 25.1 Å². The number of carbonyl (C=O) groups excluding carboxylic acids is 2. The van der Waals surface area contributed by atoms with Gasteiger partial charge in [-0.2, -0.15) is 0 Å². The van der Waals surface area contributed by atoms with Gasteiger partial charge in [-0.15, -0.1) is 0 Å². The van der Waals surface area contributed by atoms with Crippen molar-refractivity contribution in [1.29, 1.82) is 0 Å². The predicted molar refractivity (Wildman–Crippen MR) is 182 cm³/mol. The number of benzene rings is 4. The third-order valence-electron chi connectivity index (χ3n) is 8.13. The van der Waals surface area contributed by atoms with Crippen molar-refractivity contribution in [3.8, 4) is 11.5 Å². The highest BCUT2D eigenvalue weighted by Crippen LogP contribution is 2.36. The molecule has 2 amide bonds. The van der Waals surface area contributed by atoms with Crippen LogP contribution in [0.1, 0.15) is 37.0 Å². The van der Waals surface area contributed by atoms with E-state index in [1.807, 2.05) is 75.4 Å². The Morgan fingerprint density at radius 3 is 2.17 bits per heavy atom. The fourth-order valence-corrected chi connectivity index (χ4v) is 6.86. The standard InChI is InChI=1S/C37H41N3O6S/c1-4-28(3)38-37(42)33(23-29-13-7-5-8-14-29)39(25-30-15-11-12-27(2)22-30)36(41)26-40(47(43,44)32-16-9-6-10-17-32)31-18-19-34-35(24-31)46-21-20-45-34/h5-19,22,24,28,33H,4,20-21,23,25-26H2,1-3H3,(H,38,42). The number of hydrogen-bond acceptors (Lipinski definition) is 6. The first-order valence-electron chi connectivity index (χ1n) is 15.8. The van der Waals surface area contributed by atoms with E-state index >= 15 is 0 Å². The molecule has 4 aromatic rings. The molecule has 9 nitrogen and oxygen atoms in total. The highest BCUT2D eigenvalue weighted by Gasteiger charge is 2.35. The molecule has 0 saturated heterocycles. The van der Waals surface area contributed by atoms with E-state index in [1.165, 1.54) is 17.0 Å². The Kier molecular flexibility index (Phi) is 10.8. The minimum atomic E-state index is -4.23. The molecule has 0 aromatic heterocycles. The Morgan fingerprint density at radius 1 is 0.830 bits per heavy atom. The zero-order valence-corrected chi connectivity index (χ0v) is 27.8. The number of amides is 2. The average Bonchev–Trinajstić information content (AvgIpc) is 3.09. The van der Waals surface area contributed by atoms with Crippen LogP contribution in [0.25, 0.3) is 0 Å². The van der Waals surface area contributed by atoms with Crippen LogP contribution in [0.5, 0.6) is 11.5 Å². The lowest BCUT2D eigenvalue weighted by molar-refractivity contribution is -0.140. The van der Waals surface area contributed by atoms with E-state index in [1.54, 1.807) is 36.4 Å². The van der Waals surface area contributed by atoms with Gasteiger partial charge in [0.15, 0.2) is 11.5 Å². The largest absolute Gasteiger partial charge is 0.486 e. The van der Waals surface area contributed by atoms with Crippen LogP contribution < -0.4 is 19.1 Å². The van der Waals surface area contributed by atoms with Gasteiger partial charge in [-0.1, -0.05) is 85.3 Å². The van der Waals surface area contributed by atoms with Gasteiger partial charge < -0.3 is 19.7 Å². The van der Waals surface area contributed by atoms with Gasteiger partial charge in [-0.05, 0) is 55.7 Å². The Morgan fingerprint density at radius 2 is 1.49 bits per heavy atom. The zero-order chi connectivity index (χ0) is 33.4. The molecule has 47 heavy (non-hydrogen) atoms. The molecule has 1 heterocycles. The number of hydrogen-bond donors (Lipinski definition) is 1. The first-order chi connectivity index (χ1) is 22.7. The van der Waals surface area contributed by atoms with Gasteiger partial charge in [0.05, 0.1) is 10.6 Å². The van der Waals surface area contributed by atoms with E-state index in [2.05, 4.69) is 5.32 Å². The average molecular weight is 656 g/mol. The van der Waals surface area contributed by atoms with Crippen molar-refractivity contribution in [1.82, 2.24) is 10.2 Å². The third kappa shape index (κ3) is 8.31. The number of sulfonamides is 1. The molecule has 2 atom stereocenters. The topological polar surface area (TPSA) is 105 Å². The van der Waals surface area contributed by atoms with Crippen LogP contribution in [0.15, 0.2) is 108 Å². The number of aryl methyl sites for hydroxylation is 1. The van der Waals surface area contributed by atoms with Crippen LogP contribution in [-0.2, 0) is 32.6 Å². The summed E-state index contributed by atoms with van der Waals surface area (Å²) in [4.78, 5) is 30.2. The summed E-state index contributed by atoms with van der Waals surface area (Å²) in [6.45, 7) is 6.11. The second kappa shape index (κ2) is 15.2. The second-order valence-electron chi connectivity index (χ2n) is 11.7. The van der Waals surface area contributed by atoms with Gasteiger partial charge in [0.1, 0.15) is 25.8 Å². The number of fused-ring (bicyclic) bond motifs is 1. The van der Waals surface area contributed by atoms with E-state index in [0.717, 1.165) is 21.0 Å². The van der Waals surface area contributed by atoms with E-state index in [0.29, 0.717) is 31.1 Å². The molecule has 0 spiro atoms. The zero-order valence-electron chi connectivity index (χ0n) is 27.0. The van der Waals surface area contributed by atoms with Crippen LogP contribution in [-0.4, -0.2) is 57.0 Å². The minimum Gasteiger partial charge on any atom is -0.486 e. The van der Waals surface area contributed by atoms with Gasteiger partial charge in [-0.25, -0.2) is 8.42 Å². The van der Waals surface area contributed by atoms with Crippen molar-refractivity contribution >= 4 is 27.5 Å². The summed E-state index contributed by atoms with van der Waals surface area (Å²) in [5.41, 5.74) is 2.94. The summed E-state index contributed by atoms with van der Waals surface area (Å²) in [5, 5.41) is 3.06. The lowest BCUT2D eigenvalue weighted by Gasteiger charge is -2.34. The Bertz CT molecular complexity index is 1780. The maximum Gasteiger partial charge on any atom is 0.264 e. The minimum absolute atomic E-state index is 0.0308. The number of nitrogens with one attached hydrogen (secondary N) is 1. The first-order valence-corrected chi connectivity index (χ1v) is 17.3. The quantitative estimate of drug-likeness (QED) is 0.204. The molecule has 246 valence electrons. The van der Waals surface area contributed by atoms with Gasteiger partial charge in [0.25, 0.3) is 10.0 Å². The van der Waals surface area contributed by atoms with E-state index in [9.17, 15) is 18.0 Å². The highest BCUT2D eigenvalue weighted by molar-refractivity contribution is 7.92. The number of carbonyl (C=O) groups is 2. The molecular weight excluding hydrogens is 614 g/mol. The van der Waals surface area contributed by atoms with Crippen LogP contribution >= 0.6 is 0 Å². The Labute approximate surface area is 277 Å². The van der Waals surface area contributed by atoms with Crippen LogP contribution in [0.3, 0.4) is 0 Å². The maximum absolute atomic E-state index is 14.7. The number of anilines is 1. The molecule has 0 radical (unpaired) electrons. The van der Waals surface area contributed by atoms with Crippen molar-refractivity contribution in [2.75, 3.05) is 24.1 Å². The fourth-order valence-electron chi connectivity index (χ4n) is 5.44. The molecule has 1 aliphatic heterocycles. The maximum atomic E-state index is 14.7. The van der Waals surface area contributed by atoms with Crippen LogP contribution in [0.4, 0.5) is 5.69 Å². The van der Waals surface area contributed by atoms with Crippen LogP contribution in [0.2, 0.25) is 0 Å². The van der Waals surface area contributed by atoms with Gasteiger partial charge >= 0.3 is 0 Å². The normalized spacial score (nSPS) is 13.7. The fraction of sp³-hybridized carbons (Fsp3) is 0.297. The molecule has 5 rings (SSSR count). The lowest BCUT2D eigenvalue weighted by Crippen LogP contribution is -2.54. The monoisotopic (exact) mass is 655 g/mol. The van der Waals surface area contributed by atoms with Crippen LogP contribution in [0, 0.1) is 6.92 Å². The molecule has 0 aliphatic carbocycles. The van der Waals surface area contributed by atoms with Gasteiger partial charge in [0.2, 0.25) is 11.8 Å². The smallest absolute Gasteiger partial charge is 0.264 e. The summed E-state index contributed by atoms with van der Waals surface area (Å²) in [7, 11) is -4.23. The molecular formula is C37H41N3O6S. The summed E-state index contributed by atoms with van der Waals surface area (Å²) in [5.74, 6) is 0.0530. The van der Waals surface area contributed by atoms with E-state index < -0.39 is 28.5 Å². The molecule has 0 saturated carbocycles. The summed E-state index contributed by atoms with van der Waals surface area (Å²) in [6.07, 6.45) is 0.957. The first kappa shape index (κ1) is 33.5. The van der Waals surface area contributed by atoms with E-state index in [4.69, 9.17) is 9.47 Å². The van der Waals surface area contributed by atoms with Crippen molar-refractivity contribution < 1.29 is 27.5 Å². The SMILES string of the molecule is CCC(C)NC(=O)C(Cc1ccccc1)N(Cc1cccc(C)c1)C(=O)CN(c1ccc2c(c1)OCCO2)S(=O)(=O)c1ccccc1. The Balaban J connectivity index is 1.59. The van der Waals surface area contributed by atoms with E-state index in [-0.39, 0.29) is 35.5 Å². The number of nitrogens with zero attached hydrogens (tertiary/aromatic N) is 2. The van der Waals surface area contributed by atoms with Crippen molar-refractivity contribution in [2.45, 2.75) is 57.1 Å². The molecule has 10 heteroatoms. The highest BCUT2D eigenvalue weighted by atomic mass is 32.2. The summed E-state index contributed by atoms with van der Waals surface area (Å²) >= 11 is 0. The lowest BCUT2D eigenvalue weighted by atomic mass is 10.0. The third-order valence-corrected chi connectivity index (χ3v) is 9.92.